The van der Waals surface area contributed by atoms with E-state index in [2.05, 4.69) is 21.2 Å². The van der Waals surface area contributed by atoms with Gasteiger partial charge >= 0.3 is 5.97 Å². The summed E-state index contributed by atoms with van der Waals surface area (Å²) in [6.07, 6.45) is 1.59. The van der Waals surface area contributed by atoms with Crippen molar-refractivity contribution in [3.05, 3.63) is 29.3 Å². The van der Waals surface area contributed by atoms with Gasteiger partial charge in [0.05, 0.1) is 11.3 Å². The van der Waals surface area contributed by atoms with Crippen LogP contribution >= 0.6 is 15.9 Å². The molecule has 0 bridgehead atoms. The van der Waals surface area contributed by atoms with Gasteiger partial charge in [-0.3, -0.25) is 4.79 Å². The van der Waals surface area contributed by atoms with Crippen molar-refractivity contribution in [1.82, 2.24) is 0 Å². The van der Waals surface area contributed by atoms with Crippen LogP contribution < -0.4 is 5.32 Å². The Bertz CT molecular complexity index is 494. The number of carbonyl (C=O) groups excluding carboxylic acids is 1. The summed E-state index contributed by atoms with van der Waals surface area (Å²) in [4.78, 5) is 22.2. The molecule has 1 aromatic rings. The van der Waals surface area contributed by atoms with Crippen LogP contribution in [0.2, 0.25) is 0 Å². The van der Waals surface area contributed by atoms with Crippen LogP contribution in [0.3, 0.4) is 0 Å². The van der Waals surface area contributed by atoms with E-state index in [1.165, 1.54) is 0 Å². The Morgan fingerprint density at radius 2 is 1.89 bits per heavy atom. The molecule has 0 aromatic heterocycles. The highest BCUT2D eigenvalue weighted by Crippen LogP contribution is 2.20. The zero-order valence-corrected chi connectivity index (χ0v) is 11.5. The first-order valence-corrected chi connectivity index (χ1v) is 6.66. The van der Waals surface area contributed by atoms with Gasteiger partial charge < -0.3 is 10.4 Å². The molecule has 0 heterocycles. The fourth-order valence-electron chi connectivity index (χ4n) is 1.40. The second-order valence-electron chi connectivity index (χ2n) is 3.81. The first-order valence-electron chi connectivity index (χ1n) is 5.54. The Morgan fingerprint density at radius 3 is 2.47 bits per heavy atom. The number of carbonyl (C=O) groups is 2. The summed E-state index contributed by atoms with van der Waals surface area (Å²) in [5.74, 6) is -4.14. The molecule has 0 fully saturated rings. The van der Waals surface area contributed by atoms with E-state index in [1.807, 2.05) is 0 Å². The lowest BCUT2D eigenvalue weighted by Crippen LogP contribution is -2.14. The van der Waals surface area contributed by atoms with E-state index < -0.39 is 29.1 Å². The Balaban J connectivity index is 2.80. The van der Waals surface area contributed by atoms with Crippen molar-refractivity contribution in [2.24, 2.45) is 0 Å². The number of amides is 1. The van der Waals surface area contributed by atoms with Crippen LogP contribution in [-0.4, -0.2) is 22.3 Å². The molecule has 0 saturated heterocycles. The molecular formula is C12H12BrF2NO3. The van der Waals surface area contributed by atoms with Crippen molar-refractivity contribution >= 4 is 33.5 Å². The minimum atomic E-state index is -1.52. The van der Waals surface area contributed by atoms with Crippen molar-refractivity contribution in [2.45, 2.75) is 19.3 Å². The van der Waals surface area contributed by atoms with Crippen LogP contribution in [-0.2, 0) is 4.79 Å². The third-order valence-electron chi connectivity index (χ3n) is 2.35. The molecule has 1 rings (SSSR count). The molecule has 19 heavy (non-hydrogen) atoms. The molecule has 104 valence electrons. The van der Waals surface area contributed by atoms with Crippen LogP contribution in [0, 0.1) is 11.6 Å². The van der Waals surface area contributed by atoms with E-state index in [9.17, 15) is 18.4 Å². The highest BCUT2D eigenvalue weighted by atomic mass is 79.9. The Labute approximate surface area is 116 Å². The number of carboxylic acids is 1. The number of rotatable bonds is 6. The fraction of sp³-hybridized carbons (Fsp3) is 0.333. The number of alkyl halides is 1. The molecule has 0 aliphatic carbocycles. The molecule has 0 atom stereocenters. The Morgan fingerprint density at radius 1 is 1.21 bits per heavy atom. The van der Waals surface area contributed by atoms with Crippen molar-refractivity contribution in [3.8, 4) is 0 Å². The average Bonchev–Trinajstić information content (AvgIpc) is 2.32. The van der Waals surface area contributed by atoms with Gasteiger partial charge in [0, 0.05) is 17.8 Å². The molecule has 0 aliphatic heterocycles. The molecule has 1 amide bonds. The molecule has 0 spiro atoms. The van der Waals surface area contributed by atoms with Gasteiger partial charge in [-0.15, -0.1) is 0 Å². The van der Waals surface area contributed by atoms with E-state index in [1.54, 1.807) is 0 Å². The third-order valence-corrected chi connectivity index (χ3v) is 2.91. The van der Waals surface area contributed by atoms with Crippen LogP contribution in [0.25, 0.3) is 0 Å². The quantitative estimate of drug-likeness (QED) is 0.619. The highest BCUT2D eigenvalue weighted by Gasteiger charge is 2.16. The molecule has 0 unspecified atom stereocenters. The lowest BCUT2D eigenvalue weighted by molar-refractivity contribution is -0.116. The van der Waals surface area contributed by atoms with Crippen LogP contribution in [0.15, 0.2) is 12.1 Å². The van der Waals surface area contributed by atoms with Gasteiger partial charge in [-0.25, -0.2) is 13.6 Å². The van der Waals surface area contributed by atoms with Gasteiger partial charge in [0.1, 0.15) is 11.6 Å². The predicted molar refractivity (Wildman–Crippen MR) is 69.6 cm³/mol. The van der Waals surface area contributed by atoms with E-state index in [0.29, 0.717) is 12.5 Å². The molecule has 0 radical (unpaired) electrons. The van der Waals surface area contributed by atoms with Crippen molar-refractivity contribution < 1.29 is 23.5 Å². The summed E-state index contributed by atoms with van der Waals surface area (Å²) in [6.45, 7) is 0. The minimum absolute atomic E-state index is 0.185. The van der Waals surface area contributed by atoms with Crippen molar-refractivity contribution in [1.29, 1.82) is 0 Å². The first-order chi connectivity index (χ1) is 8.95. The normalized spacial score (nSPS) is 10.3. The minimum Gasteiger partial charge on any atom is -0.478 e. The van der Waals surface area contributed by atoms with E-state index >= 15 is 0 Å². The summed E-state index contributed by atoms with van der Waals surface area (Å²) >= 11 is 3.21. The number of halogens is 3. The van der Waals surface area contributed by atoms with E-state index in [-0.39, 0.29) is 12.1 Å². The maximum Gasteiger partial charge on any atom is 0.338 e. The number of hydrogen-bond donors (Lipinski definition) is 2. The average molecular weight is 336 g/mol. The monoisotopic (exact) mass is 335 g/mol. The second kappa shape index (κ2) is 7.18. The second-order valence-corrected chi connectivity index (χ2v) is 4.60. The number of anilines is 1. The Hall–Kier alpha value is -1.50. The maximum absolute atomic E-state index is 13.4. The molecule has 0 aliphatic rings. The highest BCUT2D eigenvalue weighted by molar-refractivity contribution is 9.09. The van der Waals surface area contributed by atoms with E-state index in [4.69, 9.17) is 5.11 Å². The lowest BCUT2D eigenvalue weighted by Gasteiger charge is -2.08. The van der Waals surface area contributed by atoms with Crippen LogP contribution in [0.4, 0.5) is 14.5 Å². The number of unbranched alkanes of at least 4 members (excludes halogenated alkanes) is 1. The summed E-state index contributed by atoms with van der Waals surface area (Å²) < 4.78 is 26.5. The van der Waals surface area contributed by atoms with Gasteiger partial charge in [-0.2, -0.15) is 0 Å². The number of benzene rings is 1. The smallest absolute Gasteiger partial charge is 0.338 e. The summed E-state index contributed by atoms with van der Waals surface area (Å²) in [7, 11) is 0. The zero-order valence-electron chi connectivity index (χ0n) is 9.88. The summed E-state index contributed by atoms with van der Waals surface area (Å²) in [5.41, 5.74) is -1.01. The fourth-order valence-corrected chi connectivity index (χ4v) is 1.80. The van der Waals surface area contributed by atoms with Gasteiger partial charge in [0.25, 0.3) is 0 Å². The lowest BCUT2D eigenvalue weighted by atomic mass is 10.1. The summed E-state index contributed by atoms with van der Waals surface area (Å²) in [5, 5.41) is 11.7. The van der Waals surface area contributed by atoms with Crippen molar-refractivity contribution in [2.75, 3.05) is 10.6 Å². The van der Waals surface area contributed by atoms with Crippen molar-refractivity contribution in [3.63, 3.8) is 0 Å². The first kappa shape index (κ1) is 15.6. The molecule has 7 heteroatoms. The number of nitrogens with one attached hydrogen (secondary N) is 1. The van der Waals surface area contributed by atoms with Gasteiger partial charge in [-0.1, -0.05) is 15.9 Å². The molecule has 0 saturated carbocycles. The Kier molecular flexibility index (Phi) is 5.88. The molecular weight excluding hydrogens is 324 g/mol. The SMILES string of the molecule is O=C(CCCCBr)Nc1cc(C(=O)O)c(F)cc1F. The molecule has 1 aromatic carbocycles. The van der Waals surface area contributed by atoms with E-state index in [0.717, 1.165) is 17.8 Å². The van der Waals surface area contributed by atoms with Gasteiger partial charge in [0.2, 0.25) is 5.91 Å². The maximum atomic E-state index is 13.4. The standard InChI is InChI=1S/C12H12BrF2NO3/c13-4-2-1-3-11(17)16-10-5-7(12(18)19)8(14)6-9(10)15/h5-6H,1-4H2,(H,16,17)(H,18,19). The zero-order chi connectivity index (χ0) is 14.4. The summed E-state index contributed by atoms with van der Waals surface area (Å²) in [6, 6.07) is 1.22. The van der Waals surface area contributed by atoms with Crippen LogP contribution in [0.1, 0.15) is 29.6 Å². The molecule has 2 N–H and O–H groups in total. The van der Waals surface area contributed by atoms with Crippen LogP contribution in [0.5, 0.6) is 0 Å². The molecule has 4 nitrogen and oxygen atoms in total. The number of carboxylic acid groups (broad SMARTS) is 1. The topological polar surface area (TPSA) is 66.4 Å². The third kappa shape index (κ3) is 4.59. The van der Waals surface area contributed by atoms with Gasteiger partial charge in [-0.05, 0) is 18.9 Å². The predicted octanol–water partition coefficient (Wildman–Crippen LogP) is 3.17. The largest absolute Gasteiger partial charge is 0.478 e. The number of aromatic carboxylic acids is 1. The van der Waals surface area contributed by atoms with Gasteiger partial charge in [0.15, 0.2) is 0 Å². The number of hydrogen-bond acceptors (Lipinski definition) is 2.